The fourth-order valence-corrected chi connectivity index (χ4v) is 1.98. The third-order valence-corrected chi connectivity index (χ3v) is 3.30. The number of amides is 3. The molecule has 1 aliphatic heterocycles. The maximum absolute atomic E-state index is 11.7. The fourth-order valence-electron chi connectivity index (χ4n) is 1.98. The van der Waals surface area contributed by atoms with E-state index in [-0.39, 0.29) is 6.79 Å². The molecule has 3 amide bonds. The number of primary amides is 1. The summed E-state index contributed by atoms with van der Waals surface area (Å²) in [5.41, 5.74) is 5.95. The van der Waals surface area contributed by atoms with Crippen molar-refractivity contribution in [1.29, 1.82) is 0 Å². The van der Waals surface area contributed by atoms with Gasteiger partial charge in [-0.05, 0) is 25.1 Å². The molecule has 0 spiro atoms. The predicted octanol–water partition coefficient (Wildman–Crippen LogP) is -0.987. The number of nitrogens with one attached hydrogen (secondary N) is 2. The summed E-state index contributed by atoms with van der Waals surface area (Å²) in [4.78, 5) is 23.3. The second-order valence-electron chi connectivity index (χ2n) is 4.79. The van der Waals surface area contributed by atoms with Crippen LogP contribution in [0, 0.1) is 0 Å². The first-order valence-corrected chi connectivity index (χ1v) is 6.28. The average molecular weight is 280 g/mol. The molecule has 4 N–H and O–H groups in total. The van der Waals surface area contributed by atoms with Crippen LogP contribution in [0.4, 0.5) is 4.79 Å². The first-order valence-electron chi connectivity index (χ1n) is 6.28. The lowest BCUT2D eigenvalue weighted by Crippen LogP contribution is -3.12. The SMILES string of the molecule is C[C@@H](C(=O)NC(N)=O)[NH+](C)Cc1ccc2c(c1)OCO2. The highest BCUT2D eigenvalue weighted by molar-refractivity contribution is 5.95. The minimum absolute atomic E-state index is 0.235. The maximum Gasteiger partial charge on any atom is 0.319 e. The van der Waals surface area contributed by atoms with E-state index in [1.54, 1.807) is 6.92 Å². The number of hydrogen-bond acceptors (Lipinski definition) is 4. The molecule has 1 aromatic carbocycles. The number of carbonyl (C=O) groups excluding carboxylic acids is 2. The molecule has 7 nitrogen and oxygen atoms in total. The Kier molecular flexibility index (Phi) is 4.09. The van der Waals surface area contributed by atoms with Gasteiger partial charge in [0.2, 0.25) is 6.79 Å². The van der Waals surface area contributed by atoms with Crippen LogP contribution in [-0.4, -0.2) is 31.8 Å². The van der Waals surface area contributed by atoms with Gasteiger partial charge in [0, 0.05) is 5.56 Å². The molecule has 2 rings (SSSR count). The van der Waals surface area contributed by atoms with Gasteiger partial charge < -0.3 is 20.1 Å². The maximum atomic E-state index is 11.7. The van der Waals surface area contributed by atoms with Gasteiger partial charge in [0.25, 0.3) is 5.91 Å². The first kappa shape index (κ1) is 14.1. The molecule has 1 unspecified atom stereocenters. The number of imide groups is 1. The summed E-state index contributed by atoms with van der Waals surface area (Å²) in [5.74, 6) is 1.05. The normalized spacial score (nSPS) is 15.5. The summed E-state index contributed by atoms with van der Waals surface area (Å²) in [7, 11) is 1.87. The van der Waals surface area contributed by atoms with Crippen molar-refractivity contribution in [1.82, 2.24) is 5.32 Å². The van der Waals surface area contributed by atoms with Gasteiger partial charge in [-0.3, -0.25) is 10.1 Å². The number of rotatable bonds is 4. The number of urea groups is 1. The summed E-state index contributed by atoms with van der Waals surface area (Å²) in [5, 5.41) is 2.09. The molecule has 0 aliphatic carbocycles. The molecule has 0 aromatic heterocycles. The highest BCUT2D eigenvalue weighted by atomic mass is 16.7. The minimum atomic E-state index is -0.835. The van der Waals surface area contributed by atoms with E-state index >= 15 is 0 Å². The quantitative estimate of drug-likeness (QED) is 0.660. The third kappa shape index (κ3) is 3.18. The van der Waals surface area contributed by atoms with Crippen LogP contribution >= 0.6 is 0 Å². The highest BCUT2D eigenvalue weighted by Crippen LogP contribution is 2.32. The van der Waals surface area contributed by atoms with Crippen molar-refractivity contribution < 1.29 is 24.0 Å². The number of ether oxygens (including phenoxy) is 2. The summed E-state index contributed by atoms with van der Waals surface area (Å²) in [6.07, 6.45) is 0. The predicted molar refractivity (Wildman–Crippen MR) is 70.3 cm³/mol. The lowest BCUT2D eigenvalue weighted by molar-refractivity contribution is -0.908. The van der Waals surface area contributed by atoms with Crippen molar-refractivity contribution in [2.24, 2.45) is 5.73 Å². The van der Waals surface area contributed by atoms with Crippen molar-refractivity contribution in [3.05, 3.63) is 23.8 Å². The van der Waals surface area contributed by atoms with Crippen molar-refractivity contribution in [2.75, 3.05) is 13.8 Å². The molecule has 0 fully saturated rings. The topological polar surface area (TPSA) is 95.1 Å². The second-order valence-corrected chi connectivity index (χ2v) is 4.79. The average Bonchev–Trinajstić information content (AvgIpc) is 2.84. The Morgan fingerprint density at radius 3 is 2.80 bits per heavy atom. The zero-order valence-electron chi connectivity index (χ0n) is 11.4. The number of quaternary nitrogens is 1. The number of hydrogen-bond donors (Lipinski definition) is 3. The van der Waals surface area contributed by atoms with E-state index in [1.165, 1.54) is 0 Å². The van der Waals surface area contributed by atoms with Crippen LogP contribution in [0.1, 0.15) is 12.5 Å². The van der Waals surface area contributed by atoms with Gasteiger partial charge in [0.05, 0.1) is 7.05 Å². The van der Waals surface area contributed by atoms with Gasteiger partial charge in [-0.2, -0.15) is 0 Å². The number of nitrogens with two attached hydrogens (primary N) is 1. The smallest absolute Gasteiger partial charge is 0.319 e. The van der Waals surface area contributed by atoms with Crippen LogP contribution in [0.15, 0.2) is 18.2 Å². The van der Waals surface area contributed by atoms with E-state index in [0.717, 1.165) is 16.2 Å². The molecule has 0 saturated carbocycles. The first-order chi connectivity index (χ1) is 9.47. The molecule has 0 bridgehead atoms. The summed E-state index contributed by atoms with van der Waals surface area (Å²) in [6.45, 7) is 2.59. The Labute approximate surface area is 116 Å². The van der Waals surface area contributed by atoms with Gasteiger partial charge in [-0.25, -0.2) is 4.79 Å². The van der Waals surface area contributed by atoms with Crippen molar-refractivity contribution >= 4 is 11.9 Å². The Hall–Kier alpha value is -2.28. The van der Waals surface area contributed by atoms with Gasteiger partial charge in [-0.1, -0.05) is 0 Å². The van der Waals surface area contributed by atoms with E-state index in [0.29, 0.717) is 12.3 Å². The monoisotopic (exact) mass is 280 g/mol. The lowest BCUT2D eigenvalue weighted by Gasteiger charge is -2.20. The Bertz CT molecular complexity index is 532. The zero-order chi connectivity index (χ0) is 14.7. The lowest BCUT2D eigenvalue weighted by atomic mass is 10.1. The van der Waals surface area contributed by atoms with Crippen LogP contribution in [-0.2, 0) is 11.3 Å². The Balaban J connectivity index is 1.98. The summed E-state index contributed by atoms with van der Waals surface area (Å²) in [6, 6.07) is 4.44. The molecule has 1 aliphatic rings. The molecule has 20 heavy (non-hydrogen) atoms. The van der Waals surface area contributed by atoms with Crippen molar-refractivity contribution in [3.63, 3.8) is 0 Å². The van der Waals surface area contributed by atoms with Gasteiger partial charge in [-0.15, -0.1) is 0 Å². The number of benzene rings is 1. The Morgan fingerprint density at radius 1 is 1.40 bits per heavy atom. The standard InChI is InChI=1S/C13H17N3O4/c1-8(12(17)15-13(14)18)16(2)6-9-3-4-10-11(5-9)20-7-19-10/h3-5,8H,6-7H2,1-2H3,(H3,14,15,17,18)/p+1/t8-/m0/s1. The van der Waals surface area contributed by atoms with Gasteiger partial charge >= 0.3 is 6.03 Å². The molecule has 2 atom stereocenters. The van der Waals surface area contributed by atoms with Crippen LogP contribution in [0.2, 0.25) is 0 Å². The zero-order valence-corrected chi connectivity index (χ0v) is 11.4. The fraction of sp³-hybridized carbons (Fsp3) is 0.385. The largest absolute Gasteiger partial charge is 0.454 e. The number of fused-ring (bicyclic) bond motifs is 1. The van der Waals surface area contributed by atoms with E-state index in [2.05, 4.69) is 5.32 Å². The van der Waals surface area contributed by atoms with E-state index in [9.17, 15) is 9.59 Å². The number of likely N-dealkylation sites (N-methyl/N-ethyl adjacent to an activating group) is 1. The Morgan fingerprint density at radius 2 is 2.10 bits per heavy atom. The van der Waals surface area contributed by atoms with Crippen LogP contribution < -0.4 is 25.4 Å². The molecule has 1 aromatic rings. The van der Waals surface area contributed by atoms with Crippen LogP contribution in [0.25, 0.3) is 0 Å². The second kappa shape index (κ2) is 5.79. The molecule has 7 heteroatoms. The molecule has 108 valence electrons. The van der Waals surface area contributed by atoms with Gasteiger partial charge in [0.15, 0.2) is 17.5 Å². The molecular formula is C13H18N3O4+. The van der Waals surface area contributed by atoms with Gasteiger partial charge in [0.1, 0.15) is 6.54 Å². The van der Waals surface area contributed by atoms with E-state index < -0.39 is 18.0 Å². The molecule has 1 heterocycles. The van der Waals surface area contributed by atoms with E-state index in [1.807, 2.05) is 25.2 Å². The van der Waals surface area contributed by atoms with Crippen LogP contribution in [0.3, 0.4) is 0 Å². The molecule has 0 saturated heterocycles. The summed E-state index contributed by atoms with van der Waals surface area (Å²) < 4.78 is 10.6. The summed E-state index contributed by atoms with van der Waals surface area (Å²) >= 11 is 0. The minimum Gasteiger partial charge on any atom is -0.454 e. The van der Waals surface area contributed by atoms with E-state index in [4.69, 9.17) is 15.2 Å². The number of carbonyl (C=O) groups is 2. The molecular weight excluding hydrogens is 262 g/mol. The van der Waals surface area contributed by atoms with Crippen molar-refractivity contribution in [3.8, 4) is 11.5 Å². The third-order valence-electron chi connectivity index (χ3n) is 3.30. The van der Waals surface area contributed by atoms with Crippen molar-refractivity contribution in [2.45, 2.75) is 19.5 Å². The highest BCUT2D eigenvalue weighted by Gasteiger charge is 2.23. The molecule has 0 radical (unpaired) electrons. The van der Waals surface area contributed by atoms with Crippen LogP contribution in [0.5, 0.6) is 11.5 Å².